The summed E-state index contributed by atoms with van der Waals surface area (Å²) >= 11 is 7.01. The van der Waals surface area contributed by atoms with Gasteiger partial charge in [0.05, 0.1) is 27.4 Å². The van der Waals surface area contributed by atoms with Crippen molar-refractivity contribution < 1.29 is 18.7 Å². The number of pyridine rings is 2. The number of aromatic nitrogens is 2. The molecular formula is C32H29FN6O3S2. The lowest BCUT2D eigenvalue weighted by molar-refractivity contribution is 0.199. The summed E-state index contributed by atoms with van der Waals surface area (Å²) in [4.78, 5) is 26.3. The molecule has 0 atom stereocenters. The Morgan fingerprint density at radius 2 is 1.91 bits per heavy atom. The SMILES string of the molecule is COCCNCc1ccc(-c2cc3nccc(Oc4ccc(NC(=O)N5CCN(c6ccccc6)C5=S)cc4F)c3s2)nc1. The second-order valence-corrected chi connectivity index (χ2v) is 11.4. The molecule has 2 N–H and O–H groups in total. The van der Waals surface area contributed by atoms with Crippen molar-refractivity contribution in [3.63, 3.8) is 0 Å². The van der Waals surface area contributed by atoms with E-state index in [-0.39, 0.29) is 5.75 Å². The van der Waals surface area contributed by atoms with Crippen LogP contribution in [-0.2, 0) is 11.3 Å². The van der Waals surface area contributed by atoms with Gasteiger partial charge in [0.15, 0.2) is 16.7 Å². The highest BCUT2D eigenvalue weighted by atomic mass is 32.1. The first kappa shape index (κ1) is 29.6. The maximum Gasteiger partial charge on any atom is 0.328 e. The number of anilines is 2. The number of para-hydroxylation sites is 1. The molecule has 0 saturated carbocycles. The maximum atomic E-state index is 15.2. The number of rotatable bonds is 10. The van der Waals surface area contributed by atoms with E-state index in [9.17, 15) is 4.79 Å². The van der Waals surface area contributed by atoms with Gasteiger partial charge in [-0.3, -0.25) is 14.9 Å². The lowest BCUT2D eigenvalue weighted by Gasteiger charge is -2.21. The molecule has 1 fully saturated rings. The Labute approximate surface area is 263 Å². The van der Waals surface area contributed by atoms with Gasteiger partial charge >= 0.3 is 6.03 Å². The molecule has 0 unspecified atom stereocenters. The average Bonchev–Trinajstić information content (AvgIpc) is 3.66. The maximum absolute atomic E-state index is 15.2. The zero-order valence-corrected chi connectivity index (χ0v) is 25.5. The summed E-state index contributed by atoms with van der Waals surface area (Å²) in [7, 11) is 1.68. The lowest BCUT2D eigenvalue weighted by atomic mass is 10.2. The zero-order chi connectivity index (χ0) is 30.5. The second kappa shape index (κ2) is 13.4. The minimum Gasteiger partial charge on any atom is -0.453 e. The van der Waals surface area contributed by atoms with Gasteiger partial charge in [-0.25, -0.2) is 9.18 Å². The predicted molar refractivity (Wildman–Crippen MR) is 175 cm³/mol. The molecule has 12 heteroatoms. The quantitative estimate of drug-likeness (QED) is 0.131. The van der Waals surface area contributed by atoms with E-state index in [1.54, 1.807) is 25.4 Å². The van der Waals surface area contributed by atoms with Crippen LogP contribution in [0.3, 0.4) is 0 Å². The third-order valence-corrected chi connectivity index (χ3v) is 8.59. The number of nitrogens with zero attached hydrogens (tertiary/aromatic N) is 4. The normalized spacial score (nSPS) is 13.1. The van der Waals surface area contributed by atoms with Crippen LogP contribution in [-0.4, -0.2) is 59.4 Å². The highest BCUT2D eigenvalue weighted by Gasteiger charge is 2.30. The molecule has 6 rings (SSSR count). The minimum absolute atomic E-state index is 0.0286. The minimum atomic E-state index is -0.615. The molecule has 224 valence electrons. The standard InChI is InChI=1S/C32H29FN6O3S2/c1-41-16-13-34-19-21-7-9-25(36-20-21)29-18-26-30(44-29)28(11-12-35-26)42-27-10-8-22(17-24(27)33)37-31(40)39-15-14-38(32(39)43)23-5-3-2-4-6-23/h2-12,17-18,20,34H,13-16,19H2,1H3,(H,37,40). The van der Waals surface area contributed by atoms with Crippen LogP contribution in [0.1, 0.15) is 5.56 Å². The van der Waals surface area contributed by atoms with Crippen molar-refractivity contribution in [2.75, 3.05) is 43.6 Å². The molecule has 3 aromatic heterocycles. The molecule has 2 amide bonds. The molecule has 0 radical (unpaired) electrons. The van der Waals surface area contributed by atoms with E-state index in [1.807, 2.05) is 59.6 Å². The van der Waals surface area contributed by atoms with Crippen LogP contribution < -0.4 is 20.3 Å². The fourth-order valence-electron chi connectivity index (χ4n) is 4.75. The number of carbonyl (C=O) groups is 1. The highest BCUT2D eigenvalue weighted by Crippen LogP contribution is 2.39. The number of methoxy groups -OCH3 is 1. The van der Waals surface area contributed by atoms with Crippen molar-refractivity contribution in [3.05, 3.63) is 96.6 Å². The van der Waals surface area contributed by atoms with Crippen molar-refractivity contribution in [1.82, 2.24) is 20.2 Å². The molecule has 1 aliphatic rings. The number of carbonyl (C=O) groups excluding carboxylic acids is 1. The molecule has 5 aromatic rings. The topological polar surface area (TPSA) is 91.8 Å². The summed E-state index contributed by atoms with van der Waals surface area (Å²) in [6, 6.07) is 21.2. The number of halogens is 1. The fourth-order valence-corrected chi connectivity index (χ4v) is 6.16. The zero-order valence-electron chi connectivity index (χ0n) is 23.8. The molecular weight excluding hydrogens is 600 g/mol. The fraction of sp³-hybridized carbons (Fsp3) is 0.188. The predicted octanol–water partition coefficient (Wildman–Crippen LogP) is 6.66. The van der Waals surface area contributed by atoms with Gasteiger partial charge in [-0.05, 0) is 54.2 Å². The summed E-state index contributed by atoms with van der Waals surface area (Å²) in [5.74, 6) is -0.110. The first-order valence-corrected chi connectivity index (χ1v) is 15.2. The van der Waals surface area contributed by atoms with Gasteiger partial charge in [0.25, 0.3) is 0 Å². The molecule has 0 spiro atoms. The van der Waals surface area contributed by atoms with E-state index in [1.165, 1.54) is 28.4 Å². The van der Waals surface area contributed by atoms with E-state index < -0.39 is 11.8 Å². The third-order valence-electron chi connectivity index (χ3n) is 6.99. The van der Waals surface area contributed by atoms with Crippen LogP contribution in [0, 0.1) is 5.82 Å². The van der Waals surface area contributed by atoms with Crippen molar-refractivity contribution >= 4 is 56.3 Å². The van der Waals surface area contributed by atoms with Crippen LogP contribution in [0.5, 0.6) is 11.5 Å². The van der Waals surface area contributed by atoms with Crippen molar-refractivity contribution in [3.8, 4) is 22.1 Å². The van der Waals surface area contributed by atoms with Crippen LogP contribution >= 0.6 is 23.6 Å². The lowest BCUT2D eigenvalue weighted by Crippen LogP contribution is -2.38. The Morgan fingerprint density at radius 3 is 2.68 bits per heavy atom. The number of benzene rings is 2. The Kier molecular flexibility index (Phi) is 9.03. The van der Waals surface area contributed by atoms with E-state index in [2.05, 4.69) is 20.6 Å². The Hall–Kier alpha value is -4.49. The number of urea groups is 1. The highest BCUT2D eigenvalue weighted by molar-refractivity contribution is 7.80. The largest absolute Gasteiger partial charge is 0.453 e. The number of hydrogen-bond donors (Lipinski definition) is 2. The first-order valence-electron chi connectivity index (χ1n) is 14.0. The van der Waals surface area contributed by atoms with Crippen LogP contribution in [0.4, 0.5) is 20.6 Å². The number of thiophene rings is 1. The van der Waals surface area contributed by atoms with Gasteiger partial charge in [-0.1, -0.05) is 24.3 Å². The van der Waals surface area contributed by atoms with Crippen molar-refractivity contribution in [2.45, 2.75) is 6.54 Å². The first-order chi connectivity index (χ1) is 21.5. The number of hydrogen-bond acceptors (Lipinski definition) is 8. The van der Waals surface area contributed by atoms with Crippen molar-refractivity contribution in [2.24, 2.45) is 0 Å². The summed E-state index contributed by atoms with van der Waals surface area (Å²) in [6.45, 7) is 3.13. The molecule has 0 bridgehead atoms. The van der Waals surface area contributed by atoms with E-state index in [0.29, 0.717) is 42.8 Å². The number of nitrogens with one attached hydrogen (secondary N) is 2. The van der Waals surface area contributed by atoms with Gasteiger partial charge in [0.2, 0.25) is 0 Å². The number of thiocarbonyl (C=S) groups is 1. The smallest absolute Gasteiger partial charge is 0.328 e. The van der Waals surface area contributed by atoms with Gasteiger partial charge < -0.3 is 25.0 Å². The molecule has 44 heavy (non-hydrogen) atoms. The summed E-state index contributed by atoms with van der Waals surface area (Å²) in [5, 5.41) is 6.44. The number of ether oxygens (including phenoxy) is 2. The molecule has 0 aliphatic carbocycles. The van der Waals surface area contributed by atoms with Crippen LogP contribution in [0.25, 0.3) is 20.8 Å². The van der Waals surface area contributed by atoms with Gasteiger partial charge in [0, 0.05) is 69.2 Å². The van der Waals surface area contributed by atoms with Gasteiger partial charge in [0.1, 0.15) is 5.75 Å². The summed E-state index contributed by atoms with van der Waals surface area (Å²) in [6.07, 6.45) is 3.47. The van der Waals surface area contributed by atoms with E-state index >= 15 is 4.39 Å². The van der Waals surface area contributed by atoms with Gasteiger partial charge in [-0.15, -0.1) is 11.3 Å². The van der Waals surface area contributed by atoms with Gasteiger partial charge in [-0.2, -0.15) is 0 Å². The third kappa shape index (κ3) is 6.53. The Morgan fingerprint density at radius 1 is 1.05 bits per heavy atom. The second-order valence-electron chi connectivity index (χ2n) is 9.95. The molecule has 4 heterocycles. The molecule has 1 saturated heterocycles. The monoisotopic (exact) mass is 628 g/mol. The van der Waals surface area contributed by atoms with Crippen molar-refractivity contribution in [1.29, 1.82) is 0 Å². The van der Waals surface area contributed by atoms with E-state index in [0.717, 1.165) is 38.6 Å². The number of amides is 2. The number of fused-ring (bicyclic) bond motifs is 1. The molecule has 1 aliphatic heterocycles. The van der Waals surface area contributed by atoms with E-state index in [4.69, 9.17) is 21.7 Å². The average molecular weight is 629 g/mol. The molecule has 9 nitrogen and oxygen atoms in total. The van der Waals surface area contributed by atoms with Crippen LogP contribution in [0.2, 0.25) is 0 Å². The Balaban J connectivity index is 1.12. The summed E-state index contributed by atoms with van der Waals surface area (Å²) in [5.41, 5.74) is 3.82. The Bertz CT molecular complexity index is 1780. The van der Waals surface area contributed by atoms with Crippen LogP contribution in [0.15, 0.2) is 85.2 Å². The molecule has 2 aromatic carbocycles. The summed E-state index contributed by atoms with van der Waals surface area (Å²) < 4.78 is 27.0.